The van der Waals surface area contributed by atoms with Crippen molar-refractivity contribution in [3.8, 4) is 22.9 Å². The Hall–Kier alpha value is -3.55. The number of hydrogen-bond donors (Lipinski definition) is 1. The molecule has 7 nitrogen and oxygen atoms in total. The topological polar surface area (TPSA) is 76.7 Å². The smallest absolute Gasteiger partial charge is 0.319 e. The van der Waals surface area contributed by atoms with E-state index in [9.17, 15) is 0 Å². The number of ether oxygens (including phenoxy) is 2. The Balaban J connectivity index is 1.38. The van der Waals surface area contributed by atoms with E-state index in [1.54, 1.807) is 0 Å². The van der Waals surface area contributed by atoms with Gasteiger partial charge < -0.3 is 20.1 Å². The second-order valence-electron chi connectivity index (χ2n) is 10.8. The number of halogens is 1. The molecule has 38 heavy (non-hydrogen) atoms. The van der Waals surface area contributed by atoms with Gasteiger partial charge in [-0.2, -0.15) is 9.97 Å². The number of nitrogens with two attached hydrogens (primary N) is 1. The third kappa shape index (κ3) is 3.68. The monoisotopic (exact) mass is 527 g/mol. The highest BCUT2D eigenvalue weighted by atomic mass is 35.5. The predicted molar refractivity (Wildman–Crippen MR) is 153 cm³/mol. The average Bonchev–Trinajstić information content (AvgIpc) is 3.37. The third-order valence-electron chi connectivity index (χ3n) is 8.25. The first-order chi connectivity index (χ1) is 18.4. The van der Waals surface area contributed by atoms with Crippen molar-refractivity contribution in [3.05, 3.63) is 59.6 Å². The van der Waals surface area contributed by atoms with Crippen molar-refractivity contribution in [1.82, 2.24) is 14.9 Å². The van der Waals surface area contributed by atoms with Gasteiger partial charge >= 0.3 is 6.01 Å². The molecular weight excluding hydrogens is 498 g/mol. The fourth-order valence-corrected chi connectivity index (χ4v) is 6.77. The maximum Gasteiger partial charge on any atom is 0.319 e. The Kier molecular flexibility index (Phi) is 5.42. The molecular formula is C30H30ClN5O2. The Morgan fingerprint density at radius 3 is 2.92 bits per heavy atom. The van der Waals surface area contributed by atoms with Gasteiger partial charge in [-0.05, 0) is 60.3 Å². The van der Waals surface area contributed by atoms with Crippen LogP contribution in [0.1, 0.15) is 19.3 Å². The molecule has 1 atom stereocenters. The van der Waals surface area contributed by atoms with E-state index in [-0.39, 0.29) is 5.54 Å². The van der Waals surface area contributed by atoms with Crippen molar-refractivity contribution < 1.29 is 9.47 Å². The van der Waals surface area contributed by atoms with Crippen LogP contribution in [0.25, 0.3) is 32.8 Å². The molecule has 0 aliphatic carbocycles. The normalized spacial score (nSPS) is 21.1. The van der Waals surface area contributed by atoms with E-state index >= 15 is 0 Å². The number of anilines is 2. The van der Waals surface area contributed by atoms with E-state index < -0.39 is 0 Å². The number of aromatic nitrogens is 2. The van der Waals surface area contributed by atoms with Crippen LogP contribution in [0.2, 0.25) is 5.02 Å². The van der Waals surface area contributed by atoms with E-state index in [4.69, 9.17) is 36.8 Å². The lowest BCUT2D eigenvalue weighted by molar-refractivity contribution is 0.108. The van der Waals surface area contributed by atoms with Gasteiger partial charge in [-0.15, -0.1) is 0 Å². The standard InChI is InChI=1S/C30H30ClN5O2/c1-18-15-30(8-5-9-36(30)16-18)17-38-29-33-24-14-23(22-13-20(32)12-19-6-3-4-7-21(19)22)26(31)27-25(24)28(34-29)35(2)10-11-37-27/h3-4,6-7,12-14H,1,5,8-11,15-17,32H2,2H3/t30-/m0/s1. The van der Waals surface area contributed by atoms with Gasteiger partial charge in [0.05, 0.1) is 28.0 Å². The maximum atomic E-state index is 7.08. The lowest BCUT2D eigenvalue weighted by Crippen LogP contribution is -2.43. The lowest BCUT2D eigenvalue weighted by atomic mass is 9.94. The number of benzene rings is 3. The molecule has 2 fully saturated rings. The van der Waals surface area contributed by atoms with E-state index in [0.29, 0.717) is 42.2 Å². The van der Waals surface area contributed by atoms with Gasteiger partial charge in [0.25, 0.3) is 0 Å². The van der Waals surface area contributed by atoms with Crippen molar-refractivity contribution in [2.75, 3.05) is 50.5 Å². The van der Waals surface area contributed by atoms with Gasteiger partial charge in [-0.1, -0.05) is 48.0 Å². The number of hydrogen-bond acceptors (Lipinski definition) is 7. The molecule has 0 amide bonds. The zero-order chi connectivity index (χ0) is 26.0. The van der Waals surface area contributed by atoms with Crippen LogP contribution in [0.4, 0.5) is 11.5 Å². The van der Waals surface area contributed by atoms with Gasteiger partial charge in [-0.3, -0.25) is 4.90 Å². The van der Waals surface area contributed by atoms with Gasteiger partial charge in [0, 0.05) is 24.8 Å². The minimum Gasteiger partial charge on any atom is -0.489 e. The van der Waals surface area contributed by atoms with Crippen LogP contribution in [0, 0.1) is 0 Å². The van der Waals surface area contributed by atoms with Crippen LogP contribution in [-0.2, 0) is 0 Å². The number of nitrogens with zero attached hydrogens (tertiary/aromatic N) is 4. The number of nitrogen functional groups attached to an aromatic ring is 1. The SMILES string of the molecule is C=C1CN2CCC[C@@]2(COc2nc3c4c(c(Cl)c(-c5cc(N)cc6ccccc56)cc4n2)OCCN3C)C1. The Morgan fingerprint density at radius 1 is 1.16 bits per heavy atom. The number of rotatable bonds is 4. The van der Waals surface area contributed by atoms with Gasteiger partial charge in [0.1, 0.15) is 19.0 Å². The lowest BCUT2D eigenvalue weighted by Gasteiger charge is -2.31. The molecule has 2 saturated heterocycles. The summed E-state index contributed by atoms with van der Waals surface area (Å²) < 4.78 is 12.6. The zero-order valence-electron chi connectivity index (χ0n) is 21.5. The largest absolute Gasteiger partial charge is 0.489 e. The molecule has 2 N–H and O–H groups in total. The summed E-state index contributed by atoms with van der Waals surface area (Å²) in [5.41, 5.74) is 10.8. The summed E-state index contributed by atoms with van der Waals surface area (Å²) >= 11 is 7.08. The Morgan fingerprint density at radius 2 is 2.03 bits per heavy atom. The van der Waals surface area contributed by atoms with Crippen LogP contribution in [0.15, 0.2) is 54.6 Å². The molecule has 3 aromatic carbocycles. The quantitative estimate of drug-likeness (QED) is 0.270. The van der Waals surface area contributed by atoms with Crippen molar-refractivity contribution in [2.45, 2.75) is 24.8 Å². The molecule has 8 heteroatoms. The molecule has 0 spiro atoms. The van der Waals surface area contributed by atoms with Crippen LogP contribution in [0.5, 0.6) is 11.8 Å². The molecule has 194 valence electrons. The van der Waals surface area contributed by atoms with Gasteiger partial charge in [-0.25, -0.2) is 0 Å². The zero-order valence-corrected chi connectivity index (χ0v) is 22.2. The van der Waals surface area contributed by atoms with Crippen LogP contribution in [0.3, 0.4) is 0 Å². The third-order valence-corrected chi connectivity index (χ3v) is 8.63. The molecule has 3 aliphatic rings. The average molecular weight is 528 g/mol. The Labute approximate surface area is 226 Å². The van der Waals surface area contributed by atoms with E-state index in [0.717, 1.165) is 64.6 Å². The van der Waals surface area contributed by atoms with Crippen LogP contribution < -0.4 is 20.1 Å². The molecule has 7 rings (SSSR count). The highest BCUT2D eigenvalue weighted by Gasteiger charge is 2.46. The molecule has 0 radical (unpaired) electrons. The summed E-state index contributed by atoms with van der Waals surface area (Å²) in [7, 11) is 2.01. The van der Waals surface area contributed by atoms with Crippen LogP contribution in [-0.4, -0.2) is 60.3 Å². The molecule has 0 bridgehead atoms. The van der Waals surface area contributed by atoms with Crippen molar-refractivity contribution in [2.24, 2.45) is 0 Å². The summed E-state index contributed by atoms with van der Waals surface area (Å²) in [5.74, 6) is 1.37. The van der Waals surface area contributed by atoms with Gasteiger partial charge in [0.2, 0.25) is 0 Å². The number of likely N-dealkylation sites (N-methyl/N-ethyl adjacent to an activating group) is 1. The summed E-state index contributed by atoms with van der Waals surface area (Å²) in [6.07, 6.45) is 3.25. The summed E-state index contributed by atoms with van der Waals surface area (Å²) in [6.45, 7) is 7.99. The first-order valence-electron chi connectivity index (χ1n) is 13.1. The van der Waals surface area contributed by atoms with Crippen molar-refractivity contribution in [1.29, 1.82) is 0 Å². The summed E-state index contributed by atoms with van der Waals surface area (Å²) in [5, 5.41) is 3.45. The summed E-state index contributed by atoms with van der Waals surface area (Å²) in [4.78, 5) is 14.4. The fraction of sp³-hybridized carbons (Fsp3) is 0.333. The van der Waals surface area contributed by atoms with E-state index in [1.807, 2.05) is 37.4 Å². The molecule has 3 aliphatic heterocycles. The number of fused-ring (bicyclic) bond motifs is 2. The highest BCUT2D eigenvalue weighted by Crippen LogP contribution is 2.47. The van der Waals surface area contributed by atoms with E-state index in [2.05, 4.69) is 28.5 Å². The minimum atomic E-state index is -0.00463. The maximum absolute atomic E-state index is 7.08. The predicted octanol–water partition coefficient (Wildman–Crippen LogP) is 5.69. The second kappa shape index (κ2) is 8.75. The van der Waals surface area contributed by atoms with Crippen molar-refractivity contribution in [3.63, 3.8) is 0 Å². The van der Waals surface area contributed by atoms with Gasteiger partial charge in [0.15, 0.2) is 5.75 Å². The molecule has 1 aromatic heterocycles. The molecule has 4 aromatic rings. The van der Waals surface area contributed by atoms with E-state index in [1.165, 1.54) is 12.0 Å². The van der Waals surface area contributed by atoms with Crippen molar-refractivity contribution >= 4 is 44.8 Å². The Bertz CT molecular complexity index is 1620. The highest BCUT2D eigenvalue weighted by molar-refractivity contribution is 6.37. The molecule has 4 heterocycles. The second-order valence-corrected chi connectivity index (χ2v) is 11.2. The minimum absolute atomic E-state index is 0.00463. The first kappa shape index (κ1) is 23.6. The molecule has 0 unspecified atom stereocenters. The fourth-order valence-electron chi connectivity index (χ4n) is 6.46. The van der Waals surface area contributed by atoms with Crippen LogP contribution >= 0.6 is 11.6 Å². The first-order valence-corrected chi connectivity index (χ1v) is 13.5. The summed E-state index contributed by atoms with van der Waals surface area (Å²) in [6, 6.07) is 14.5. The molecule has 0 saturated carbocycles.